The van der Waals surface area contributed by atoms with Crippen molar-refractivity contribution in [2.45, 2.75) is 13.0 Å². The lowest BCUT2D eigenvalue weighted by atomic mass is 10.1. The summed E-state index contributed by atoms with van der Waals surface area (Å²) in [4.78, 5) is 42.7. The Kier molecular flexibility index (Phi) is 5.70. The molecule has 0 spiro atoms. The Balaban J connectivity index is 1.36. The van der Waals surface area contributed by atoms with Gasteiger partial charge in [0.05, 0.1) is 7.11 Å². The molecule has 2 fully saturated rings. The number of ether oxygens (including phenoxy) is 1. The third kappa shape index (κ3) is 4.15. The third-order valence-corrected chi connectivity index (χ3v) is 5.66. The van der Waals surface area contributed by atoms with Gasteiger partial charge in [0, 0.05) is 56.8 Å². The summed E-state index contributed by atoms with van der Waals surface area (Å²) in [6, 6.07) is 17.0. The van der Waals surface area contributed by atoms with Gasteiger partial charge in [-0.05, 0) is 17.7 Å². The second kappa shape index (κ2) is 8.57. The van der Waals surface area contributed by atoms with Crippen molar-refractivity contribution in [1.29, 1.82) is 0 Å². The highest BCUT2D eigenvalue weighted by Crippen LogP contribution is 2.25. The maximum Gasteiger partial charge on any atom is 0.316 e. The van der Waals surface area contributed by atoms with Crippen molar-refractivity contribution in [3.8, 4) is 5.75 Å². The smallest absolute Gasteiger partial charge is 0.316 e. The molecule has 2 saturated heterocycles. The van der Waals surface area contributed by atoms with E-state index in [1.807, 2.05) is 35.2 Å². The van der Waals surface area contributed by atoms with Gasteiger partial charge in [0.25, 0.3) is 0 Å². The topological polar surface area (TPSA) is 70.2 Å². The first-order valence-electron chi connectivity index (χ1n) is 10.1. The Morgan fingerprint density at radius 2 is 1.73 bits per heavy atom. The largest absolute Gasteiger partial charge is 0.497 e. The summed E-state index contributed by atoms with van der Waals surface area (Å²) in [7, 11) is 1.56. The van der Waals surface area contributed by atoms with Crippen molar-refractivity contribution in [2.75, 3.05) is 38.2 Å². The molecule has 0 aromatic heterocycles. The van der Waals surface area contributed by atoms with E-state index in [1.54, 1.807) is 36.3 Å². The van der Waals surface area contributed by atoms with Gasteiger partial charge in [-0.25, -0.2) is 0 Å². The van der Waals surface area contributed by atoms with Crippen LogP contribution in [0.15, 0.2) is 54.6 Å². The number of anilines is 1. The molecule has 2 heterocycles. The second-order valence-electron chi connectivity index (χ2n) is 7.74. The summed E-state index contributed by atoms with van der Waals surface area (Å²) in [5.74, 6) is -0.282. The minimum atomic E-state index is -0.542. The molecule has 2 aromatic carbocycles. The molecule has 2 aromatic rings. The molecular formula is C23H25N3O4. The zero-order chi connectivity index (χ0) is 21.1. The van der Waals surface area contributed by atoms with Crippen molar-refractivity contribution >= 4 is 23.4 Å². The van der Waals surface area contributed by atoms with Crippen LogP contribution in [-0.2, 0) is 20.9 Å². The molecule has 0 bridgehead atoms. The van der Waals surface area contributed by atoms with E-state index in [2.05, 4.69) is 0 Å². The Hall–Kier alpha value is -3.35. The van der Waals surface area contributed by atoms with Crippen molar-refractivity contribution in [1.82, 2.24) is 9.80 Å². The third-order valence-electron chi connectivity index (χ3n) is 5.66. The number of hydrogen-bond acceptors (Lipinski definition) is 4. The molecule has 2 aliphatic heterocycles. The molecular weight excluding hydrogens is 382 g/mol. The second-order valence-corrected chi connectivity index (χ2v) is 7.74. The first kappa shape index (κ1) is 19.9. The fraction of sp³-hybridized carbons (Fsp3) is 0.348. The molecule has 0 aliphatic carbocycles. The van der Waals surface area contributed by atoms with Gasteiger partial charge in [-0.15, -0.1) is 0 Å². The van der Waals surface area contributed by atoms with Crippen LogP contribution in [0.3, 0.4) is 0 Å². The maximum atomic E-state index is 12.7. The predicted octanol–water partition coefficient (Wildman–Crippen LogP) is 1.92. The van der Waals surface area contributed by atoms with Crippen LogP contribution < -0.4 is 9.64 Å². The zero-order valence-electron chi connectivity index (χ0n) is 17.0. The summed E-state index contributed by atoms with van der Waals surface area (Å²) in [6.45, 7) is 2.48. The quantitative estimate of drug-likeness (QED) is 0.686. The number of nitrogens with zero attached hydrogens (tertiary/aromatic N) is 3. The van der Waals surface area contributed by atoms with Gasteiger partial charge in [0.1, 0.15) is 5.75 Å². The van der Waals surface area contributed by atoms with Crippen molar-refractivity contribution in [3.63, 3.8) is 0 Å². The minimum absolute atomic E-state index is 0.0429. The van der Waals surface area contributed by atoms with Crippen LogP contribution in [0.25, 0.3) is 0 Å². The molecule has 2 aliphatic rings. The maximum absolute atomic E-state index is 12.7. The lowest BCUT2D eigenvalue weighted by Gasteiger charge is -2.35. The molecule has 3 amide bonds. The number of rotatable bonds is 6. The standard InChI is InChI=1S/C23H25N3O4/c1-30-20-9-5-8-19(13-20)26-11-10-24(22(28)23(26)29)15-18-12-21(27)25(16-18)14-17-6-3-2-4-7-17/h2-9,13,18H,10-12,14-16H2,1H3. The molecule has 0 saturated carbocycles. The molecule has 30 heavy (non-hydrogen) atoms. The van der Waals surface area contributed by atoms with Crippen LogP contribution >= 0.6 is 0 Å². The van der Waals surface area contributed by atoms with Gasteiger partial charge in [-0.3, -0.25) is 14.4 Å². The lowest BCUT2D eigenvalue weighted by Crippen LogP contribution is -2.55. The highest BCUT2D eigenvalue weighted by molar-refractivity contribution is 6.41. The molecule has 4 rings (SSSR count). The summed E-state index contributed by atoms with van der Waals surface area (Å²) < 4.78 is 5.21. The highest BCUT2D eigenvalue weighted by atomic mass is 16.5. The number of hydrogen-bond donors (Lipinski definition) is 0. The number of carbonyl (C=O) groups is 3. The number of methoxy groups -OCH3 is 1. The summed E-state index contributed by atoms with van der Waals surface area (Å²) in [5, 5.41) is 0. The van der Waals surface area contributed by atoms with Gasteiger partial charge >= 0.3 is 11.8 Å². The van der Waals surface area contributed by atoms with Crippen molar-refractivity contribution in [2.24, 2.45) is 5.92 Å². The molecule has 0 N–H and O–H groups in total. The Morgan fingerprint density at radius 1 is 0.933 bits per heavy atom. The van der Waals surface area contributed by atoms with E-state index >= 15 is 0 Å². The monoisotopic (exact) mass is 407 g/mol. The minimum Gasteiger partial charge on any atom is -0.497 e. The highest BCUT2D eigenvalue weighted by Gasteiger charge is 2.37. The fourth-order valence-electron chi connectivity index (χ4n) is 4.12. The number of amides is 3. The normalized spacial score (nSPS) is 19.6. The van der Waals surface area contributed by atoms with Gasteiger partial charge in [-0.2, -0.15) is 0 Å². The predicted molar refractivity (Wildman–Crippen MR) is 112 cm³/mol. The molecule has 156 valence electrons. The lowest BCUT2D eigenvalue weighted by molar-refractivity contribution is -0.146. The Morgan fingerprint density at radius 3 is 2.50 bits per heavy atom. The van der Waals surface area contributed by atoms with Crippen LogP contribution in [-0.4, -0.2) is 60.8 Å². The average Bonchev–Trinajstić information content (AvgIpc) is 3.11. The van der Waals surface area contributed by atoms with Gasteiger partial charge in [0.15, 0.2) is 0 Å². The van der Waals surface area contributed by atoms with Crippen LogP contribution in [0.1, 0.15) is 12.0 Å². The molecule has 7 heteroatoms. The van der Waals surface area contributed by atoms with Crippen LogP contribution in [0.5, 0.6) is 5.75 Å². The van der Waals surface area contributed by atoms with E-state index in [0.717, 1.165) is 5.56 Å². The van der Waals surface area contributed by atoms with E-state index in [9.17, 15) is 14.4 Å². The van der Waals surface area contributed by atoms with Gasteiger partial charge in [-0.1, -0.05) is 36.4 Å². The Labute approximate surface area is 175 Å². The molecule has 1 atom stereocenters. The van der Waals surface area contributed by atoms with Crippen LogP contribution in [0.4, 0.5) is 5.69 Å². The van der Waals surface area contributed by atoms with Crippen LogP contribution in [0, 0.1) is 5.92 Å². The SMILES string of the molecule is COc1cccc(N2CCN(CC3CC(=O)N(Cc4ccccc4)C3)C(=O)C2=O)c1. The first-order chi connectivity index (χ1) is 14.5. The molecule has 1 unspecified atom stereocenters. The van der Waals surface area contributed by atoms with Gasteiger partial charge < -0.3 is 19.4 Å². The number of likely N-dealkylation sites (tertiary alicyclic amines) is 1. The van der Waals surface area contributed by atoms with E-state index in [4.69, 9.17) is 4.74 Å². The van der Waals surface area contributed by atoms with Crippen molar-refractivity contribution < 1.29 is 19.1 Å². The number of benzene rings is 2. The zero-order valence-corrected chi connectivity index (χ0v) is 17.0. The number of carbonyl (C=O) groups excluding carboxylic acids is 3. The van der Waals surface area contributed by atoms with Crippen molar-refractivity contribution in [3.05, 3.63) is 60.2 Å². The van der Waals surface area contributed by atoms with Crippen LogP contribution in [0.2, 0.25) is 0 Å². The van der Waals surface area contributed by atoms with E-state index < -0.39 is 11.8 Å². The summed E-state index contributed by atoms with van der Waals surface area (Å²) in [5.41, 5.74) is 1.74. The fourth-order valence-corrected chi connectivity index (χ4v) is 4.12. The molecule has 7 nitrogen and oxygen atoms in total. The van der Waals surface area contributed by atoms with E-state index in [0.29, 0.717) is 50.6 Å². The number of piperazine rings is 1. The van der Waals surface area contributed by atoms with E-state index in [-0.39, 0.29) is 11.8 Å². The molecule has 0 radical (unpaired) electrons. The first-order valence-corrected chi connectivity index (χ1v) is 10.1. The van der Waals surface area contributed by atoms with Gasteiger partial charge in [0.2, 0.25) is 5.91 Å². The van der Waals surface area contributed by atoms with E-state index in [1.165, 1.54) is 4.90 Å². The summed E-state index contributed by atoms with van der Waals surface area (Å²) in [6.07, 6.45) is 0.407. The average molecular weight is 407 g/mol. The Bertz CT molecular complexity index is 946. The summed E-state index contributed by atoms with van der Waals surface area (Å²) >= 11 is 0.